The smallest absolute Gasteiger partial charge is 0.337 e. The Bertz CT molecular complexity index is 1040. The summed E-state index contributed by atoms with van der Waals surface area (Å²) in [6.45, 7) is 1.57. The van der Waals surface area contributed by atoms with Crippen LogP contribution < -0.4 is 4.74 Å². The van der Waals surface area contributed by atoms with Gasteiger partial charge in [-0.15, -0.1) is 0 Å². The topological polar surface area (TPSA) is 76.7 Å². The number of hydrogen-bond acceptors (Lipinski definition) is 6. The molecule has 1 saturated heterocycles. The number of benzene rings is 2. The van der Waals surface area contributed by atoms with Gasteiger partial charge >= 0.3 is 5.97 Å². The molecule has 2 aromatic carbocycles. The van der Waals surface area contributed by atoms with Gasteiger partial charge in [-0.1, -0.05) is 18.2 Å². The van der Waals surface area contributed by atoms with Crippen LogP contribution in [0.1, 0.15) is 21.7 Å². The summed E-state index contributed by atoms with van der Waals surface area (Å²) in [5.74, 6) is 0.971. The molecule has 2 atom stereocenters. The number of H-pyrrole nitrogens is 1. The quantitative estimate of drug-likeness (QED) is 0.600. The highest BCUT2D eigenvalue weighted by atomic mass is 19.1. The monoisotopic (exact) mass is 413 g/mol. The van der Waals surface area contributed by atoms with Crippen molar-refractivity contribution in [3.63, 3.8) is 0 Å². The van der Waals surface area contributed by atoms with Crippen molar-refractivity contribution < 1.29 is 23.4 Å². The van der Waals surface area contributed by atoms with Crippen LogP contribution in [0.15, 0.2) is 42.5 Å². The highest BCUT2D eigenvalue weighted by Crippen LogP contribution is 2.24. The largest absolute Gasteiger partial charge is 0.496 e. The Morgan fingerprint density at radius 3 is 2.87 bits per heavy atom. The summed E-state index contributed by atoms with van der Waals surface area (Å²) in [6, 6.07) is 12.8. The Kier molecular flexibility index (Phi) is 5.96. The first kappa shape index (κ1) is 20.3. The van der Waals surface area contributed by atoms with Crippen molar-refractivity contribution >= 4 is 17.0 Å². The molecule has 158 valence electrons. The summed E-state index contributed by atoms with van der Waals surface area (Å²) in [4.78, 5) is 21.3. The summed E-state index contributed by atoms with van der Waals surface area (Å²) in [5.41, 5.74) is 2.87. The van der Waals surface area contributed by atoms with E-state index in [1.807, 2.05) is 29.2 Å². The number of rotatable bonds is 7. The third kappa shape index (κ3) is 4.29. The predicted octanol–water partition coefficient (Wildman–Crippen LogP) is 3.10. The van der Waals surface area contributed by atoms with E-state index in [2.05, 4.69) is 9.97 Å². The lowest BCUT2D eigenvalue weighted by atomic mass is 10.2. The first-order chi connectivity index (χ1) is 14.6. The van der Waals surface area contributed by atoms with Crippen LogP contribution in [0.2, 0.25) is 0 Å². The molecule has 3 aromatic rings. The van der Waals surface area contributed by atoms with Gasteiger partial charge in [-0.25, -0.2) is 14.2 Å². The van der Waals surface area contributed by atoms with Gasteiger partial charge in [-0.05, 0) is 24.3 Å². The Balaban J connectivity index is 1.37. The van der Waals surface area contributed by atoms with Crippen LogP contribution in [-0.2, 0) is 22.6 Å². The van der Waals surface area contributed by atoms with Gasteiger partial charge in [0.15, 0.2) is 0 Å². The fourth-order valence-corrected chi connectivity index (χ4v) is 3.73. The van der Waals surface area contributed by atoms with E-state index in [4.69, 9.17) is 14.2 Å². The lowest BCUT2D eigenvalue weighted by Gasteiger charge is -2.17. The predicted molar refractivity (Wildman–Crippen MR) is 109 cm³/mol. The van der Waals surface area contributed by atoms with Crippen molar-refractivity contribution in [2.75, 3.05) is 27.3 Å². The number of para-hydroxylation sites is 1. The number of ether oxygens (including phenoxy) is 3. The second-order valence-corrected chi connectivity index (χ2v) is 7.28. The highest BCUT2D eigenvalue weighted by molar-refractivity contribution is 5.93. The SMILES string of the molecule is COC(=O)c1ccc2nc(CO[C@H]3CN(Cc4ccccc4OC)C[C@H]3F)[nH]c2c1. The molecule has 0 amide bonds. The third-order valence-electron chi connectivity index (χ3n) is 5.25. The van der Waals surface area contributed by atoms with Gasteiger partial charge in [0.25, 0.3) is 0 Å². The molecule has 0 spiro atoms. The van der Waals surface area contributed by atoms with Crippen LogP contribution in [-0.4, -0.2) is 60.4 Å². The van der Waals surface area contributed by atoms with Crippen LogP contribution in [0.3, 0.4) is 0 Å². The summed E-state index contributed by atoms with van der Waals surface area (Å²) < 4.78 is 30.5. The lowest BCUT2D eigenvalue weighted by molar-refractivity contribution is 0.00862. The van der Waals surface area contributed by atoms with Gasteiger partial charge < -0.3 is 19.2 Å². The Labute approximate surface area is 173 Å². The number of carbonyl (C=O) groups excluding carboxylic acids is 1. The number of methoxy groups -OCH3 is 2. The van der Waals surface area contributed by atoms with Crippen molar-refractivity contribution in [2.45, 2.75) is 25.4 Å². The van der Waals surface area contributed by atoms with Crippen molar-refractivity contribution in [3.8, 4) is 5.75 Å². The van der Waals surface area contributed by atoms with E-state index < -0.39 is 18.2 Å². The highest BCUT2D eigenvalue weighted by Gasteiger charge is 2.34. The molecule has 0 aliphatic carbocycles. The number of aromatic amines is 1. The summed E-state index contributed by atoms with van der Waals surface area (Å²) >= 11 is 0. The van der Waals surface area contributed by atoms with E-state index in [1.54, 1.807) is 25.3 Å². The molecule has 0 bridgehead atoms. The summed E-state index contributed by atoms with van der Waals surface area (Å²) in [5, 5.41) is 0. The molecule has 1 aromatic heterocycles. The van der Waals surface area contributed by atoms with Crippen molar-refractivity contribution in [2.24, 2.45) is 0 Å². The molecule has 1 fully saturated rings. The lowest BCUT2D eigenvalue weighted by Crippen LogP contribution is -2.24. The number of esters is 1. The molecule has 4 rings (SSSR count). The normalized spacial score (nSPS) is 19.3. The summed E-state index contributed by atoms with van der Waals surface area (Å²) in [6.07, 6.45) is -1.60. The fourth-order valence-electron chi connectivity index (χ4n) is 3.73. The van der Waals surface area contributed by atoms with Crippen molar-refractivity contribution in [1.82, 2.24) is 14.9 Å². The number of aromatic nitrogens is 2. The van der Waals surface area contributed by atoms with Crippen LogP contribution >= 0.6 is 0 Å². The van der Waals surface area contributed by atoms with Gasteiger partial charge in [0, 0.05) is 25.2 Å². The number of hydrogen-bond donors (Lipinski definition) is 1. The number of imidazole rings is 1. The minimum absolute atomic E-state index is 0.163. The molecule has 0 radical (unpaired) electrons. The minimum Gasteiger partial charge on any atom is -0.496 e. The molecule has 0 saturated carbocycles. The zero-order chi connectivity index (χ0) is 21.1. The average molecular weight is 413 g/mol. The van der Waals surface area contributed by atoms with Crippen LogP contribution in [0, 0.1) is 0 Å². The van der Waals surface area contributed by atoms with E-state index in [9.17, 15) is 9.18 Å². The van der Waals surface area contributed by atoms with E-state index >= 15 is 0 Å². The number of nitrogens with one attached hydrogen (secondary N) is 1. The Hall–Kier alpha value is -2.97. The van der Waals surface area contributed by atoms with E-state index in [1.165, 1.54) is 7.11 Å². The zero-order valence-corrected chi connectivity index (χ0v) is 16.9. The van der Waals surface area contributed by atoms with E-state index in [0.717, 1.165) is 11.3 Å². The number of halogens is 1. The first-order valence-corrected chi connectivity index (χ1v) is 9.74. The Morgan fingerprint density at radius 2 is 2.07 bits per heavy atom. The van der Waals surface area contributed by atoms with Crippen LogP contribution in [0.5, 0.6) is 5.75 Å². The number of fused-ring (bicyclic) bond motifs is 1. The molecule has 2 heterocycles. The fraction of sp³-hybridized carbons (Fsp3) is 0.364. The molecule has 7 nitrogen and oxygen atoms in total. The average Bonchev–Trinajstić information content (AvgIpc) is 3.33. The molecular weight excluding hydrogens is 389 g/mol. The van der Waals surface area contributed by atoms with Gasteiger partial charge in [0.2, 0.25) is 0 Å². The molecule has 8 heteroatoms. The number of likely N-dealkylation sites (tertiary alicyclic amines) is 1. The van der Waals surface area contributed by atoms with Crippen molar-refractivity contribution in [1.29, 1.82) is 0 Å². The standard InChI is InChI=1S/C22H24FN3O4/c1-28-19-6-4-3-5-15(19)10-26-11-16(23)20(12-26)30-13-21-24-17-8-7-14(22(27)29-2)9-18(17)25-21/h3-9,16,20H,10-13H2,1-2H3,(H,24,25)/t16-,20+/m1/s1. The van der Waals surface area contributed by atoms with Gasteiger partial charge in [-0.3, -0.25) is 4.90 Å². The van der Waals surface area contributed by atoms with E-state index in [0.29, 0.717) is 42.1 Å². The van der Waals surface area contributed by atoms with Gasteiger partial charge in [0.05, 0.1) is 30.8 Å². The molecular formula is C22H24FN3O4. The number of alkyl halides is 1. The van der Waals surface area contributed by atoms with Gasteiger partial charge in [-0.2, -0.15) is 0 Å². The molecule has 30 heavy (non-hydrogen) atoms. The maximum atomic E-state index is 14.5. The first-order valence-electron chi connectivity index (χ1n) is 9.74. The molecule has 0 unspecified atom stereocenters. The second kappa shape index (κ2) is 8.81. The van der Waals surface area contributed by atoms with Gasteiger partial charge in [0.1, 0.15) is 30.5 Å². The Morgan fingerprint density at radius 1 is 1.23 bits per heavy atom. The molecule has 1 aliphatic rings. The molecule has 1 N–H and O–H groups in total. The summed E-state index contributed by atoms with van der Waals surface area (Å²) in [7, 11) is 2.97. The van der Waals surface area contributed by atoms with Crippen LogP contribution in [0.4, 0.5) is 4.39 Å². The zero-order valence-electron chi connectivity index (χ0n) is 16.9. The maximum absolute atomic E-state index is 14.5. The van der Waals surface area contributed by atoms with Crippen molar-refractivity contribution in [3.05, 3.63) is 59.4 Å². The second-order valence-electron chi connectivity index (χ2n) is 7.28. The molecule has 1 aliphatic heterocycles. The van der Waals surface area contributed by atoms with Crippen LogP contribution in [0.25, 0.3) is 11.0 Å². The number of carbonyl (C=O) groups is 1. The third-order valence-corrected chi connectivity index (χ3v) is 5.25. The maximum Gasteiger partial charge on any atom is 0.337 e. The minimum atomic E-state index is -1.07. The van der Waals surface area contributed by atoms with E-state index in [-0.39, 0.29) is 6.61 Å². The number of nitrogens with zero attached hydrogens (tertiary/aromatic N) is 2.